The first kappa shape index (κ1) is 24.1. The number of piperazine rings is 1. The molecule has 1 aromatic carbocycles. The minimum Gasteiger partial charge on any atom is -0.496 e. The zero-order valence-corrected chi connectivity index (χ0v) is 20.1. The first-order valence-electron chi connectivity index (χ1n) is 10.1. The lowest BCUT2D eigenvalue weighted by Gasteiger charge is -2.34. The minimum absolute atomic E-state index is 0. The van der Waals surface area contributed by atoms with Crippen LogP contribution in [-0.4, -0.2) is 74.3 Å². The normalized spacial score (nSPS) is 14.7. The van der Waals surface area contributed by atoms with Crippen LogP contribution in [0.2, 0.25) is 0 Å². The van der Waals surface area contributed by atoms with Gasteiger partial charge in [-0.3, -0.25) is 9.89 Å². The fourth-order valence-electron chi connectivity index (χ4n) is 3.38. The van der Waals surface area contributed by atoms with E-state index in [1.165, 1.54) is 0 Å². The summed E-state index contributed by atoms with van der Waals surface area (Å²) >= 11 is 0. The van der Waals surface area contributed by atoms with Crippen LogP contribution in [0.5, 0.6) is 5.75 Å². The third-order valence-electron chi connectivity index (χ3n) is 5.01. The highest BCUT2D eigenvalue weighted by Crippen LogP contribution is 2.16. The number of benzene rings is 1. The summed E-state index contributed by atoms with van der Waals surface area (Å²) < 4.78 is 5.40. The summed E-state index contributed by atoms with van der Waals surface area (Å²) in [6, 6.07) is 9.86. The molecule has 3 rings (SSSR count). The number of nitrogens with one attached hydrogen (secondary N) is 2. The SMILES string of the molecule is CN=C(NCCCN1CCN(c2ncccn2)CC1)NCc1ccccc1OC.I. The van der Waals surface area contributed by atoms with Gasteiger partial charge in [-0.15, -0.1) is 24.0 Å². The van der Waals surface area contributed by atoms with Crippen molar-refractivity contribution in [2.24, 2.45) is 4.99 Å². The fourth-order valence-corrected chi connectivity index (χ4v) is 3.38. The highest BCUT2D eigenvalue weighted by atomic mass is 127. The number of aliphatic imine (C=N–C) groups is 1. The van der Waals surface area contributed by atoms with E-state index in [0.717, 1.165) is 68.9 Å². The number of hydrogen-bond donors (Lipinski definition) is 2. The van der Waals surface area contributed by atoms with Crippen LogP contribution in [0.25, 0.3) is 0 Å². The second kappa shape index (κ2) is 13.2. The number of ether oxygens (including phenoxy) is 1. The predicted octanol–water partition coefficient (Wildman–Crippen LogP) is 1.98. The molecule has 2 aromatic rings. The fraction of sp³-hybridized carbons (Fsp3) is 0.476. The Bertz CT molecular complexity index is 767. The number of para-hydroxylation sites is 1. The van der Waals surface area contributed by atoms with Crippen molar-refractivity contribution >= 4 is 35.9 Å². The van der Waals surface area contributed by atoms with Crippen molar-refractivity contribution in [3.63, 3.8) is 0 Å². The zero-order valence-electron chi connectivity index (χ0n) is 17.8. The van der Waals surface area contributed by atoms with E-state index >= 15 is 0 Å². The van der Waals surface area contributed by atoms with Gasteiger partial charge in [-0.05, 0) is 25.1 Å². The molecule has 1 saturated heterocycles. The molecule has 0 amide bonds. The van der Waals surface area contributed by atoms with Crippen LogP contribution in [0.4, 0.5) is 5.95 Å². The van der Waals surface area contributed by atoms with Gasteiger partial charge < -0.3 is 20.3 Å². The molecule has 2 heterocycles. The molecular formula is C21H32IN7O. The quantitative estimate of drug-likeness (QED) is 0.236. The Balaban J connectivity index is 0.00000320. The molecule has 0 bridgehead atoms. The number of hydrogen-bond acceptors (Lipinski definition) is 6. The Morgan fingerprint density at radius 3 is 2.50 bits per heavy atom. The van der Waals surface area contributed by atoms with Gasteiger partial charge in [0.15, 0.2) is 5.96 Å². The van der Waals surface area contributed by atoms with E-state index in [1.807, 2.05) is 24.3 Å². The van der Waals surface area contributed by atoms with Gasteiger partial charge in [0.1, 0.15) is 5.75 Å². The molecule has 1 aromatic heterocycles. The second-order valence-corrected chi connectivity index (χ2v) is 6.90. The number of anilines is 1. The first-order valence-corrected chi connectivity index (χ1v) is 10.1. The molecule has 0 radical (unpaired) electrons. The molecule has 0 aliphatic carbocycles. The molecule has 9 heteroatoms. The summed E-state index contributed by atoms with van der Waals surface area (Å²) in [6.07, 6.45) is 4.67. The molecular weight excluding hydrogens is 493 g/mol. The molecule has 164 valence electrons. The molecule has 0 saturated carbocycles. The van der Waals surface area contributed by atoms with E-state index in [4.69, 9.17) is 4.74 Å². The standard InChI is InChI=1S/C21H31N7O.HI/c1-22-20(26-17-18-7-3-4-8-19(18)29-2)23-11-6-12-27-13-15-28(16-14-27)21-24-9-5-10-25-21;/h3-5,7-10H,6,11-17H2,1-2H3,(H2,22,23,26);1H. The molecule has 1 aliphatic rings. The maximum atomic E-state index is 5.40. The number of aromatic nitrogens is 2. The van der Waals surface area contributed by atoms with Crippen molar-refractivity contribution in [1.29, 1.82) is 0 Å². The highest BCUT2D eigenvalue weighted by Gasteiger charge is 2.18. The van der Waals surface area contributed by atoms with E-state index in [9.17, 15) is 0 Å². The van der Waals surface area contributed by atoms with Crippen LogP contribution in [-0.2, 0) is 6.54 Å². The van der Waals surface area contributed by atoms with Crippen LogP contribution in [0.3, 0.4) is 0 Å². The number of guanidine groups is 1. The van der Waals surface area contributed by atoms with Crippen LogP contribution in [0.1, 0.15) is 12.0 Å². The molecule has 8 nitrogen and oxygen atoms in total. The van der Waals surface area contributed by atoms with Crippen LogP contribution >= 0.6 is 24.0 Å². The van der Waals surface area contributed by atoms with Crippen molar-refractivity contribution in [2.45, 2.75) is 13.0 Å². The lowest BCUT2D eigenvalue weighted by atomic mass is 10.2. The third-order valence-corrected chi connectivity index (χ3v) is 5.01. The molecule has 30 heavy (non-hydrogen) atoms. The van der Waals surface area contributed by atoms with Gasteiger partial charge in [0.05, 0.1) is 7.11 Å². The van der Waals surface area contributed by atoms with Crippen LogP contribution in [0.15, 0.2) is 47.7 Å². The Labute approximate surface area is 196 Å². The van der Waals surface area contributed by atoms with Gasteiger partial charge in [0.2, 0.25) is 5.95 Å². The number of nitrogens with zero attached hydrogens (tertiary/aromatic N) is 5. The molecule has 0 atom stereocenters. The molecule has 0 spiro atoms. The number of rotatable bonds is 8. The van der Waals surface area contributed by atoms with Gasteiger partial charge in [0, 0.05) is 64.3 Å². The number of methoxy groups -OCH3 is 1. The second-order valence-electron chi connectivity index (χ2n) is 6.90. The van der Waals surface area contributed by atoms with Gasteiger partial charge in [0.25, 0.3) is 0 Å². The Morgan fingerprint density at radius 2 is 1.80 bits per heavy atom. The lowest BCUT2D eigenvalue weighted by Crippen LogP contribution is -2.47. The maximum Gasteiger partial charge on any atom is 0.225 e. The van der Waals surface area contributed by atoms with Gasteiger partial charge in [-0.1, -0.05) is 18.2 Å². The Morgan fingerprint density at radius 1 is 1.07 bits per heavy atom. The largest absolute Gasteiger partial charge is 0.496 e. The summed E-state index contributed by atoms with van der Waals surface area (Å²) in [5.74, 6) is 2.52. The maximum absolute atomic E-state index is 5.40. The molecule has 0 unspecified atom stereocenters. The average molecular weight is 525 g/mol. The van der Waals surface area contributed by atoms with Gasteiger partial charge >= 0.3 is 0 Å². The smallest absolute Gasteiger partial charge is 0.225 e. The van der Waals surface area contributed by atoms with Crippen molar-refractivity contribution in [3.05, 3.63) is 48.3 Å². The lowest BCUT2D eigenvalue weighted by molar-refractivity contribution is 0.254. The molecule has 1 aliphatic heterocycles. The highest BCUT2D eigenvalue weighted by molar-refractivity contribution is 14.0. The van der Waals surface area contributed by atoms with Crippen LogP contribution < -0.4 is 20.3 Å². The van der Waals surface area contributed by atoms with Gasteiger partial charge in [-0.25, -0.2) is 9.97 Å². The first-order chi connectivity index (χ1) is 14.3. The topological polar surface area (TPSA) is 77.9 Å². The third kappa shape index (κ3) is 7.28. The summed E-state index contributed by atoms with van der Waals surface area (Å²) in [5, 5.41) is 6.74. The van der Waals surface area contributed by atoms with Crippen LogP contribution in [0, 0.1) is 0 Å². The van der Waals surface area contributed by atoms with E-state index < -0.39 is 0 Å². The average Bonchev–Trinajstić information content (AvgIpc) is 2.80. The van der Waals surface area contributed by atoms with E-state index in [1.54, 1.807) is 26.6 Å². The predicted molar refractivity (Wildman–Crippen MR) is 132 cm³/mol. The summed E-state index contributed by atoms with van der Waals surface area (Å²) in [5.41, 5.74) is 1.11. The monoisotopic (exact) mass is 525 g/mol. The summed E-state index contributed by atoms with van der Waals surface area (Å²) in [6.45, 7) is 6.65. The summed E-state index contributed by atoms with van der Waals surface area (Å²) in [4.78, 5) is 17.7. The van der Waals surface area contributed by atoms with Crippen molar-refractivity contribution in [1.82, 2.24) is 25.5 Å². The number of halogens is 1. The summed E-state index contributed by atoms with van der Waals surface area (Å²) in [7, 11) is 3.49. The Kier molecular flexibility index (Phi) is 10.6. The molecule has 1 fully saturated rings. The Hall–Kier alpha value is -2.14. The van der Waals surface area contributed by atoms with Crippen molar-refractivity contribution in [2.75, 3.05) is 58.3 Å². The van der Waals surface area contributed by atoms with E-state index in [-0.39, 0.29) is 24.0 Å². The van der Waals surface area contributed by atoms with E-state index in [2.05, 4.69) is 41.5 Å². The van der Waals surface area contributed by atoms with Crippen molar-refractivity contribution < 1.29 is 4.74 Å². The molecule has 2 N–H and O–H groups in total. The zero-order chi connectivity index (χ0) is 20.3. The minimum atomic E-state index is 0. The van der Waals surface area contributed by atoms with Crippen molar-refractivity contribution in [3.8, 4) is 5.75 Å². The van der Waals surface area contributed by atoms with Gasteiger partial charge in [-0.2, -0.15) is 0 Å². The van der Waals surface area contributed by atoms with E-state index in [0.29, 0.717) is 6.54 Å².